The summed E-state index contributed by atoms with van der Waals surface area (Å²) in [5.41, 5.74) is 0.459. The van der Waals surface area contributed by atoms with Crippen LogP contribution in [0.5, 0.6) is 5.75 Å². The van der Waals surface area contributed by atoms with Crippen LogP contribution >= 0.6 is 0 Å². The fraction of sp³-hybridized carbons (Fsp3) is 0.600. The van der Waals surface area contributed by atoms with Gasteiger partial charge >= 0.3 is 12.1 Å². The summed E-state index contributed by atoms with van der Waals surface area (Å²) in [5, 5.41) is 4.26. The number of ether oxygens (including phenoxy) is 2. The van der Waals surface area contributed by atoms with Crippen LogP contribution in [0, 0.1) is 11.3 Å². The van der Waals surface area contributed by atoms with Gasteiger partial charge in [0.2, 0.25) is 0 Å². The zero-order valence-corrected chi connectivity index (χ0v) is 16.4. The number of hydrogen-bond acceptors (Lipinski definition) is 7. The molecule has 150 valence electrons. The molecule has 0 N–H and O–H groups in total. The highest BCUT2D eigenvalue weighted by Crippen LogP contribution is 2.38. The fourth-order valence-corrected chi connectivity index (χ4v) is 3.21. The van der Waals surface area contributed by atoms with E-state index in [9.17, 15) is 9.59 Å². The van der Waals surface area contributed by atoms with E-state index in [1.165, 1.54) is 12.1 Å². The third-order valence-electron chi connectivity index (χ3n) is 4.75. The fourth-order valence-electron chi connectivity index (χ4n) is 3.21. The van der Waals surface area contributed by atoms with Gasteiger partial charge in [0.1, 0.15) is 11.9 Å². The summed E-state index contributed by atoms with van der Waals surface area (Å²) in [5.74, 6) is 0.325. The Morgan fingerprint density at radius 2 is 1.78 bits per heavy atom. The maximum atomic E-state index is 11.9. The molecule has 0 radical (unpaired) electrons. The second-order valence-electron chi connectivity index (χ2n) is 7.69. The number of rotatable bonds is 6. The monoisotopic (exact) mass is 380 g/mol. The topological polar surface area (TPSA) is 80.3 Å². The number of hydrogen-bond donors (Lipinski definition) is 0. The average molecular weight is 380 g/mol. The van der Waals surface area contributed by atoms with E-state index >= 15 is 0 Å². The van der Waals surface area contributed by atoms with Crippen LogP contribution in [0.2, 0.25) is 0 Å². The lowest BCUT2D eigenvalue weighted by Gasteiger charge is -2.36. The van der Waals surface area contributed by atoms with Crippen molar-refractivity contribution >= 4 is 12.1 Å². The lowest BCUT2D eigenvalue weighted by Crippen LogP contribution is -2.30. The minimum Gasteiger partial charge on any atom is -0.494 e. The Kier molecular flexibility index (Phi) is 7.47. The van der Waals surface area contributed by atoms with E-state index in [1.54, 1.807) is 12.1 Å². The van der Waals surface area contributed by atoms with E-state index < -0.39 is 12.1 Å². The van der Waals surface area contributed by atoms with E-state index in [1.807, 2.05) is 6.92 Å². The summed E-state index contributed by atoms with van der Waals surface area (Å²) in [7, 11) is 0. The zero-order chi connectivity index (χ0) is 19.9. The van der Waals surface area contributed by atoms with E-state index in [2.05, 4.69) is 35.6 Å². The van der Waals surface area contributed by atoms with Crippen molar-refractivity contribution in [1.29, 1.82) is 0 Å². The molecule has 0 aromatic heterocycles. The third kappa shape index (κ3) is 6.75. The first-order valence-electron chi connectivity index (χ1n) is 9.28. The van der Waals surface area contributed by atoms with Gasteiger partial charge in [0, 0.05) is 0 Å². The summed E-state index contributed by atoms with van der Waals surface area (Å²) in [6.07, 6.45) is 2.31. The zero-order valence-electron chi connectivity index (χ0n) is 16.4. The first-order chi connectivity index (χ1) is 12.8. The van der Waals surface area contributed by atoms with Crippen molar-refractivity contribution in [2.45, 2.75) is 59.5 Å². The molecule has 27 heavy (non-hydrogen) atoms. The third-order valence-corrected chi connectivity index (χ3v) is 4.75. The van der Waals surface area contributed by atoms with Crippen LogP contribution in [0.3, 0.4) is 0 Å². The SMILES string of the molecule is CCOc1cccc(C(=O)OOOC(=O)OC2CCC(C(C)(C)C)CC2)c1. The molecule has 1 saturated carbocycles. The van der Waals surface area contributed by atoms with E-state index in [0.29, 0.717) is 18.3 Å². The Labute approximate surface area is 159 Å². The molecule has 1 aromatic carbocycles. The lowest BCUT2D eigenvalue weighted by molar-refractivity contribution is -0.453. The smallest absolute Gasteiger partial charge is 0.494 e. The molecule has 1 aromatic rings. The van der Waals surface area contributed by atoms with Crippen molar-refractivity contribution in [3.63, 3.8) is 0 Å². The maximum absolute atomic E-state index is 11.9. The molecule has 0 atom stereocenters. The van der Waals surface area contributed by atoms with Crippen LogP contribution < -0.4 is 4.74 Å². The van der Waals surface area contributed by atoms with Gasteiger partial charge in [0.15, 0.2) is 0 Å². The van der Waals surface area contributed by atoms with Crippen molar-refractivity contribution < 1.29 is 33.9 Å². The van der Waals surface area contributed by atoms with E-state index in [-0.39, 0.29) is 17.1 Å². The van der Waals surface area contributed by atoms with Gasteiger partial charge in [-0.3, -0.25) is 4.89 Å². The van der Waals surface area contributed by atoms with Crippen LogP contribution in [-0.2, 0) is 19.6 Å². The Bertz CT molecular complexity index is 627. The molecule has 0 saturated heterocycles. The highest BCUT2D eigenvalue weighted by Gasteiger charge is 2.31. The van der Waals surface area contributed by atoms with E-state index in [0.717, 1.165) is 25.7 Å². The van der Waals surface area contributed by atoms with Crippen molar-refractivity contribution in [3.05, 3.63) is 29.8 Å². The molecule has 0 bridgehead atoms. The lowest BCUT2D eigenvalue weighted by atomic mass is 9.72. The molecule has 7 nitrogen and oxygen atoms in total. The predicted octanol–water partition coefficient (Wildman–Crippen LogP) is 4.85. The van der Waals surface area contributed by atoms with Crippen LogP contribution in [-0.4, -0.2) is 24.8 Å². The quantitative estimate of drug-likeness (QED) is 0.396. The van der Waals surface area contributed by atoms with Gasteiger partial charge in [-0.05, 0) is 62.1 Å². The van der Waals surface area contributed by atoms with Gasteiger partial charge in [-0.25, -0.2) is 14.5 Å². The maximum Gasteiger partial charge on any atom is 0.543 e. The Morgan fingerprint density at radius 1 is 1.07 bits per heavy atom. The second-order valence-corrected chi connectivity index (χ2v) is 7.69. The minimum absolute atomic E-state index is 0.207. The molecule has 2 rings (SSSR count). The number of benzene rings is 1. The molecule has 0 aliphatic heterocycles. The van der Waals surface area contributed by atoms with Gasteiger partial charge in [-0.2, -0.15) is 0 Å². The Balaban J connectivity index is 1.69. The Morgan fingerprint density at radius 3 is 2.41 bits per heavy atom. The first-order valence-corrected chi connectivity index (χ1v) is 9.28. The molecule has 1 fully saturated rings. The molecular formula is C20H28O7. The minimum atomic E-state index is -1.02. The largest absolute Gasteiger partial charge is 0.543 e. The summed E-state index contributed by atoms with van der Waals surface area (Å²) in [6.45, 7) is 8.98. The second kappa shape index (κ2) is 9.60. The standard InChI is InChI=1S/C20H28O7/c1-5-23-17-8-6-7-14(13-17)18(21)25-27-26-19(22)24-16-11-9-15(10-12-16)20(2,3)4/h6-8,13,15-16H,5,9-12H2,1-4H3. The van der Waals surface area contributed by atoms with Crippen molar-refractivity contribution in [2.75, 3.05) is 6.61 Å². The molecule has 7 heteroatoms. The van der Waals surface area contributed by atoms with Crippen LogP contribution in [0.4, 0.5) is 4.79 Å². The average Bonchev–Trinajstić information content (AvgIpc) is 2.62. The number of carbonyl (C=O) groups excluding carboxylic acids is 2. The molecule has 0 amide bonds. The molecule has 0 heterocycles. The van der Waals surface area contributed by atoms with E-state index in [4.69, 9.17) is 9.47 Å². The van der Waals surface area contributed by atoms with Gasteiger partial charge in [-0.15, -0.1) is 0 Å². The van der Waals surface area contributed by atoms with Gasteiger partial charge in [-0.1, -0.05) is 26.8 Å². The molecular weight excluding hydrogens is 352 g/mol. The normalized spacial score (nSPS) is 19.9. The van der Waals surface area contributed by atoms with Crippen molar-refractivity contribution in [1.82, 2.24) is 0 Å². The number of carbonyl (C=O) groups is 2. The van der Waals surface area contributed by atoms with Crippen LogP contribution in [0.25, 0.3) is 0 Å². The Hall–Kier alpha value is -2.28. The van der Waals surface area contributed by atoms with Crippen LogP contribution in [0.15, 0.2) is 24.3 Å². The van der Waals surface area contributed by atoms with Gasteiger partial charge < -0.3 is 9.47 Å². The summed E-state index contributed by atoms with van der Waals surface area (Å²) in [6, 6.07) is 6.38. The first kappa shape index (κ1) is 21.0. The van der Waals surface area contributed by atoms with Gasteiger partial charge in [0.25, 0.3) is 0 Å². The summed E-state index contributed by atoms with van der Waals surface area (Å²) < 4.78 is 10.5. The van der Waals surface area contributed by atoms with Crippen LogP contribution in [0.1, 0.15) is 63.7 Å². The summed E-state index contributed by atoms with van der Waals surface area (Å²) in [4.78, 5) is 32.4. The predicted molar refractivity (Wildman–Crippen MR) is 96.9 cm³/mol. The molecule has 0 spiro atoms. The van der Waals surface area contributed by atoms with Crippen molar-refractivity contribution in [3.8, 4) is 5.75 Å². The van der Waals surface area contributed by atoms with Crippen molar-refractivity contribution in [2.24, 2.45) is 11.3 Å². The molecule has 1 aliphatic carbocycles. The van der Waals surface area contributed by atoms with Gasteiger partial charge in [0.05, 0.1) is 17.2 Å². The highest BCUT2D eigenvalue weighted by molar-refractivity contribution is 5.89. The highest BCUT2D eigenvalue weighted by atomic mass is 17.5. The summed E-state index contributed by atoms with van der Waals surface area (Å²) >= 11 is 0. The molecule has 1 aliphatic rings. The molecule has 0 unspecified atom stereocenters.